The van der Waals surface area contributed by atoms with Crippen molar-refractivity contribution >= 4 is 23.4 Å². The van der Waals surface area contributed by atoms with Gasteiger partial charge in [0.15, 0.2) is 0 Å². The number of ether oxygens (including phenoxy) is 1. The molecule has 0 atom stereocenters. The number of phenols is 1. The average Bonchev–Trinajstić information content (AvgIpc) is 2.36. The monoisotopic (exact) mass is 286 g/mol. The molecule has 2 amide bonds. The van der Waals surface area contributed by atoms with E-state index in [1.165, 1.54) is 25.3 Å². The molecule has 6 nitrogen and oxygen atoms in total. The van der Waals surface area contributed by atoms with Gasteiger partial charge < -0.3 is 20.5 Å². The van der Waals surface area contributed by atoms with Crippen LogP contribution in [0.15, 0.2) is 18.2 Å². The SMILES string of the molecule is COCCNC(=O)CNC(=O)c1ccc(Cl)cc1O. The number of amides is 2. The standard InChI is InChI=1S/C12H15ClN2O4/c1-19-5-4-14-11(17)7-15-12(18)9-3-2-8(13)6-10(9)16/h2-3,6,16H,4-5,7H2,1H3,(H,14,17)(H,15,18). The van der Waals surface area contributed by atoms with Crippen LogP contribution in [0.2, 0.25) is 5.02 Å². The summed E-state index contributed by atoms with van der Waals surface area (Å²) in [6, 6.07) is 4.12. The Morgan fingerprint density at radius 2 is 2.11 bits per heavy atom. The van der Waals surface area contributed by atoms with E-state index in [1.807, 2.05) is 0 Å². The van der Waals surface area contributed by atoms with Crippen molar-refractivity contribution in [2.24, 2.45) is 0 Å². The molecule has 0 radical (unpaired) electrons. The lowest BCUT2D eigenvalue weighted by Gasteiger charge is -2.07. The summed E-state index contributed by atoms with van der Waals surface area (Å²) in [5.41, 5.74) is 0.0640. The number of carbonyl (C=O) groups excluding carboxylic acids is 2. The van der Waals surface area contributed by atoms with E-state index in [0.717, 1.165) is 0 Å². The summed E-state index contributed by atoms with van der Waals surface area (Å²) in [4.78, 5) is 23.0. The molecule has 0 spiro atoms. The zero-order valence-electron chi connectivity index (χ0n) is 10.4. The Morgan fingerprint density at radius 3 is 2.74 bits per heavy atom. The van der Waals surface area contributed by atoms with Crippen molar-refractivity contribution in [1.29, 1.82) is 0 Å². The highest BCUT2D eigenvalue weighted by Gasteiger charge is 2.12. The van der Waals surface area contributed by atoms with Gasteiger partial charge in [-0.15, -0.1) is 0 Å². The van der Waals surface area contributed by atoms with E-state index in [0.29, 0.717) is 18.2 Å². The van der Waals surface area contributed by atoms with Crippen molar-refractivity contribution in [3.63, 3.8) is 0 Å². The minimum absolute atomic E-state index is 0.0640. The quantitative estimate of drug-likeness (QED) is 0.666. The van der Waals surface area contributed by atoms with Gasteiger partial charge in [0.05, 0.1) is 18.7 Å². The second kappa shape index (κ2) is 7.60. The van der Waals surface area contributed by atoms with Crippen molar-refractivity contribution < 1.29 is 19.4 Å². The lowest BCUT2D eigenvalue weighted by atomic mass is 10.2. The molecule has 1 aromatic carbocycles. The van der Waals surface area contributed by atoms with E-state index in [4.69, 9.17) is 16.3 Å². The highest BCUT2D eigenvalue weighted by atomic mass is 35.5. The molecule has 0 heterocycles. The zero-order valence-corrected chi connectivity index (χ0v) is 11.2. The first kappa shape index (κ1) is 15.3. The lowest BCUT2D eigenvalue weighted by molar-refractivity contribution is -0.120. The predicted octanol–water partition coefficient (Wildman–Crippen LogP) is 0.538. The number of aromatic hydroxyl groups is 1. The molecular formula is C12H15ClN2O4. The van der Waals surface area contributed by atoms with Crippen molar-refractivity contribution in [2.75, 3.05) is 26.8 Å². The number of methoxy groups -OCH3 is 1. The molecular weight excluding hydrogens is 272 g/mol. The van der Waals surface area contributed by atoms with Gasteiger partial charge in [0.25, 0.3) is 5.91 Å². The van der Waals surface area contributed by atoms with E-state index in [9.17, 15) is 14.7 Å². The molecule has 0 saturated heterocycles. The summed E-state index contributed by atoms with van der Waals surface area (Å²) in [5, 5.41) is 14.8. The maximum Gasteiger partial charge on any atom is 0.255 e. The highest BCUT2D eigenvalue weighted by Crippen LogP contribution is 2.21. The molecule has 1 aromatic rings. The average molecular weight is 287 g/mol. The molecule has 0 saturated carbocycles. The van der Waals surface area contributed by atoms with Crippen LogP contribution in [0, 0.1) is 0 Å². The molecule has 0 unspecified atom stereocenters. The number of rotatable bonds is 6. The molecule has 104 valence electrons. The van der Waals surface area contributed by atoms with Crippen molar-refractivity contribution in [2.45, 2.75) is 0 Å². The van der Waals surface area contributed by atoms with Crippen LogP contribution in [0.5, 0.6) is 5.75 Å². The third-order valence-electron chi connectivity index (χ3n) is 2.24. The largest absolute Gasteiger partial charge is 0.507 e. The van der Waals surface area contributed by atoms with Gasteiger partial charge in [-0.1, -0.05) is 11.6 Å². The molecule has 0 aliphatic rings. The molecule has 0 bridgehead atoms. The summed E-state index contributed by atoms with van der Waals surface area (Å²) >= 11 is 5.65. The maximum atomic E-state index is 11.7. The summed E-state index contributed by atoms with van der Waals surface area (Å²) in [6.45, 7) is 0.597. The lowest BCUT2D eigenvalue weighted by Crippen LogP contribution is -2.38. The van der Waals surface area contributed by atoms with E-state index in [1.54, 1.807) is 0 Å². The van der Waals surface area contributed by atoms with Crippen molar-refractivity contribution in [1.82, 2.24) is 10.6 Å². The maximum absolute atomic E-state index is 11.7. The van der Waals surface area contributed by atoms with Crippen LogP contribution in [0.3, 0.4) is 0 Å². The van der Waals surface area contributed by atoms with Gasteiger partial charge in [-0.25, -0.2) is 0 Å². The highest BCUT2D eigenvalue weighted by molar-refractivity contribution is 6.30. The Kier molecular flexibility index (Phi) is 6.11. The van der Waals surface area contributed by atoms with E-state index in [2.05, 4.69) is 10.6 Å². The summed E-state index contributed by atoms with van der Waals surface area (Å²) in [6.07, 6.45) is 0. The summed E-state index contributed by atoms with van der Waals surface area (Å²) in [5.74, 6) is -1.11. The molecule has 1 rings (SSSR count). The topological polar surface area (TPSA) is 87.7 Å². The van der Waals surface area contributed by atoms with Crippen LogP contribution in [0.1, 0.15) is 10.4 Å². The number of halogens is 1. The molecule has 19 heavy (non-hydrogen) atoms. The van der Waals surface area contributed by atoms with E-state index < -0.39 is 5.91 Å². The number of phenolic OH excluding ortho intramolecular Hbond substituents is 1. The molecule has 0 fully saturated rings. The number of benzene rings is 1. The normalized spacial score (nSPS) is 10.0. The van der Waals surface area contributed by atoms with Gasteiger partial charge in [-0.3, -0.25) is 9.59 Å². The Labute approximate surface area is 115 Å². The van der Waals surface area contributed by atoms with Crippen LogP contribution in [0.4, 0.5) is 0 Å². The van der Waals surface area contributed by atoms with Crippen molar-refractivity contribution in [3.8, 4) is 5.75 Å². The van der Waals surface area contributed by atoms with Crippen molar-refractivity contribution in [3.05, 3.63) is 28.8 Å². The van der Waals surface area contributed by atoms with Gasteiger partial charge in [0, 0.05) is 18.7 Å². The Balaban J connectivity index is 2.45. The number of carbonyl (C=O) groups is 2. The van der Waals surface area contributed by atoms with Gasteiger partial charge in [-0.2, -0.15) is 0 Å². The molecule has 0 aliphatic carbocycles. The van der Waals surface area contributed by atoms with Gasteiger partial charge in [0.1, 0.15) is 5.75 Å². The van der Waals surface area contributed by atoms with Crippen LogP contribution in [-0.2, 0) is 9.53 Å². The first-order valence-electron chi connectivity index (χ1n) is 5.57. The fourth-order valence-corrected chi connectivity index (χ4v) is 1.47. The third kappa shape index (κ3) is 5.15. The molecule has 3 N–H and O–H groups in total. The van der Waals surface area contributed by atoms with Crippen LogP contribution in [0.25, 0.3) is 0 Å². The van der Waals surface area contributed by atoms with Crippen LogP contribution < -0.4 is 10.6 Å². The van der Waals surface area contributed by atoms with E-state index in [-0.39, 0.29) is 23.8 Å². The molecule has 0 aromatic heterocycles. The zero-order chi connectivity index (χ0) is 14.3. The first-order valence-corrected chi connectivity index (χ1v) is 5.94. The van der Waals surface area contributed by atoms with E-state index >= 15 is 0 Å². The fourth-order valence-electron chi connectivity index (χ4n) is 1.31. The smallest absolute Gasteiger partial charge is 0.255 e. The summed E-state index contributed by atoms with van der Waals surface area (Å²) < 4.78 is 4.77. The van der Waals surface area contributed by atoms with Crippen LogP contribution in [-0.4, -0.2) is 43.7 Å². The van der Waals surface area contributed by atoms with Crippen LogP contribution >= 0.6 is 11.6 Å². The number of nitrogens with one attached hydrogen (secondary N) is 2. The fraction of sp³-hybridized carbons (Fsp3) is 0.333. The van der Waals surface area contributed by atoms with Gasteiger partial charge in [-0.05, 0) is 18.2 Å². The minimum Gasteiger partial charge on any atom is -0.507 e. The first-order chi connectivity index (χ1) is 9.04. The Bertz CT molecular complexity index is 465. The second-order valence-corrected chi connectivity index (χ2v) is 4.12. The van der Waals surface area contributed by atoms with Gasteiger partial charge in [0.2, 0.25) is 5.91 Å². The number of hydrogen-bond donors (Lipinski definition) is 3. The predicted molar refractivity (Wildman–Crippen MR) is 70.3 cm³/mol. The third-order valence-corrected chi connectivity index (χ3v) is 2.48. The summed E-state index contributed by atoms with van der Waals surface area (Å²) in [7, 11) is 1.53. The Hall–Kier alpha value is -1.79. The molecule has 0 aliphatic heterocycles. The van der Waals surface area contributed by atoms with Gasteiger partial charge >= 0.3 is 0 Å². The second-order valence-electron chi connectivity index (χ2n) is 3.69. The Morgan fingerprint density at radius 1 is 1.37 bits per heavy atom. The minimum atomic E-state index is -0.545. The number of hydrogen-bond acceptors (Lipinski definition) is 4. The molecule has 7 heteroatoms.